The highest BCUT2D eigenvalue weighted by Crippen LogP contribution is 2.38. The number of rotatable bonds is 5. The molecule has 1 aromatic heterocycles. The number of anilines is 1. The van der Waals surface area contributed by atoms with Crippen molar-refractivity contribution in [3.8, 4) is 0 Å². The number of pyridine rings is 1. The standard InChI is InChI=1S/C25H21ClF3N3O2/c1-24(2)22(33)32(19-12-13-20(25(27,28)29)30-21(19)26)23(34)31(24)15-18-11-7-6-10-17(18)14-16-8-4-3-5-9-16/h3-13H,14-15H2,1-2H3. The van der Waals surface area contributed by atoms with Crippen molar-refractivity contribution in [2.24, 2.45) is 0 Å². The molecule has 0 unspecified atom stereocenters. The molecule has 176 valence electrons. The van der Waals surface area contributed by atoms with Crippen LogP contribution in [0.5, 0.6) is 0 Å². The molecule has 1 aliphatic heterocycles. The molecule has 0 bridgehead atoms. The van der Waals surface area contributed by atoms with Crippen molar-refractivity contribution >= 4 is 29.2 Å². The zero-order valence-electron chi connectivity index (χ0n) is 18.4. The van der Waals surface area contributed by atoms with Gasteiger partial charge in [-0.3, -0.25) is 4.79 Å². The minimum atomic E-state index is -4.70. The lowest BCUT2D eigenvalue weighted by Gasteiger charge is -2.28. The number of carbonyl (C=O) groups excluding carboxylic acids is 2. The minimum Gasteiger partial charge on any atom is -0.305 e. The average Bonchev–Trinajstić information content (AvgIpc) is 2.94. The minimum absolute atomic E-state index is 0.142. The molecule has 0 saturated carbocycles. The summed E-state index contributed by atoms with van der Waals surface area (Å²) in [5.74, 6) is -0.596. The van der Waals surface area contributed by atoms with Gasteiger partial charge in [0.05, 0.1) is 5.69 Å². The molecule has 5 nitrogen and oxygen atoms in total. The Kier molecular flexibility index (Phi) is 6.12. The van der Waals surface area contributed by atoms with Gasteiger partial charge in [-0.1, -0.05) is 66.2 Å². The third-order valence-corrected chi connectivity index (χ3v) is 6.15. The fraction of sp³-hybridized carbons (Fsp3) is 0.240. The van der Waals surface area contributed by atoms with E-state index in [9.17, 15) is 22.8 Å². The summed E-state index contributed by atoms with van der Waals surface area (Å²) in [7, 11) is 0. The number of hydrogen-bond acceptors (Lipinski definition) is 3. The second-order valence-corrected chi connectivity index (χ2v) is 8.86. The molecule has 9 heteroatoms. The zero-order chi connectivity index (χ0) is 24.7. The number of benzene rings is 2. The van der Waals surface area contributed by atoms with E-state index in [-0.39, 0.29) is 12.2 Å². The molecule has 34 heavy (non-hydrogen) atoms. The Labute approximate surface area is 199 Å². The van der Waals surface area contributed by atoms with Crippen molar-refractivity contribution in [2.45, 2.75) is 38.5 Å². The van der Waals surface area contributed by atoms with Crippen LogP contribution in [0.3, 0.4) is 0 Å². The van der Waals surface area contributed by atoms with Gasteiger partial charge in [-0.25, -0.2) is 14.7 Å². The summed E-state index contributed by atoms with van der Waals surface area (Å²) < 4.78 is 38.9. The maximum atomic E-state index is 13.4. The van der Waals surface area contributed by atoms with Gasteiger partial charge in [0.2, 0.25) is 0 Å². The Bertz CT molecular complexity index is 1250. The van der Waals surface area contributed by atoms with Gasteiger partial charge in [-0.05, 0) is 49.1 Å². The molecular formula is C25H21ClF3N3O2. The zero-order valence-corrected chi connectivity index (χ0v) is 19.2. The lowest BCUT2D eigenvalue weighted by atomic mass is 9.97. The third kappa shape index (κ3) is 4.37. The molecule has 1 saturated heterocycles. The van der Waals surface area contributed by atoms with E-state index >= 15 is 0 Å². The van der Waals surface area contributed by atoms with Gasteiger partial charge in [0.1, 0.15) is 11.2 Å². The maximum absolute atomic E-state index is 13.4. The van der Waals surface area contributed by atoms with Crippen molar-refractivity contribution in [1.82, 2.24) is 9.88 Å². The topological polar surface area (TPSA) is 53.5 Å². The largest absolute Gasteiger partial charge is 0.433 e. The van der Waals surface area contributed by atoms with E-state index in [4.69, 9.17) is 11.6 Å². The predicted molar refractivity (Wildman–Crippen MR) is 122 cm³/mol. The summed E-state index contributed by atoms with van der Waals surface area (Å²) in [4.78, 5) is 32.1. The van der Waals surface area contributed by atoms with E-state index < -0.39 is 34.5 Å². The SMILES string of the molecule is CC1(C)C(=O)N(c2ccc(C(F)(F)F)nc2Cl)C(=O)N1Cc1ccccc1Cc1ccccc1. The van der Waals surface area contributed by atoms with Crippen LogP contribution >= 0.6 is 11.6 Å². The van der Waals surface area contributed by atoms with Crippen molar-refractivity contribution in [2.75, 3.05) is 4.90 Å². The van der Waals surface area contributed by atoms with Gasteiger partial charge in [0.15, 0.2) is 5.15 Å². The Morgan fingerprint density at radius 1 is 0.912 bits per heavy atom. The van der Waals surface area contributed by atoms with Crippen LogP contribution in [-0.2, 0) is 23.9 Å². The summed E-state index contributed by atoms with van der Waals surface area (Å²) in [5.41, 5.74) is 0.325. The molecule has 1 aliphatic rings. The first kappa shape index (κ1) is 23.8. The number of alkyl halides is 3. The highest BCUT2D eigenvalue weighted by atomic mass is 35.5. The number of aromatic nitrogens is 1. The van der Waals surface area contributed by atoms with E-state index in [1.54, 1.807) is 13.8 Å². The number of imide groups is 1. The van der Waals surface area contributed by atoms with E-state index in [0.717, 1.165) is 27.7 Å². The number of carbonyl (C=O) groups is 2. The number of nitrogens with zero attached hydrogens (tertiary/aromatic N) is 3. The van der Waals surface area contributed by atoms with Gasteiger partial charge in [0, 0.05) is 6.54 Å². The summed E-state index contributed by atoms with van der Waals surface area (Å²) >= 11 is 5.99. The third-order valence-electron chi connectivity index (χ3n) is 5.87. The molecule has 0 radical (unpaired) electrons. The molecule has 0 N–H and O–H groups in total. The van der Waals surface area contributed by atoms with Crippen molar-refractivity contribution in [1.29, 1.82) is 0 Å². The molecule has 4 rings (SSSR count). The Hall–Kier alpha value is -3.39. The second-order valence-electron chi connectivity index (χ2n) is 8.50. The highest BCUT2D eigenvalue weighted by Gasteiger charge is 2.52. The van der Waals surface area contributed by atoms with Crippen LogP contribution in [0, 0.1) is 0 Å². The lowest BCUT2D eigenvalue weighted by molar-refractivity contribution is -0.141. The van der Waals surface area contributed by atoms with Crippen LogP contribution in [0.4, 0.5) is 23.7 Å². The van der Waals surface area contributed by atoms with Gasteiger partial charge in [0.25, 0.3) is 5.91 Å². The van der Waals surface area contributed by atoms with Gasteiger partial charge in [-0.15, -0.1) is 0 Å². The fourth-order valence-corrected chi connectivity index (χ4v) is 4.17. The molecule has 0 spiro atoms. The van der Waals surface area contributed by atoms with Crippen LogP contribution in [-0.4, -0.2) is 27.4 Å². The van der Waals surface area contributed by atoms with Crippen LogP contribution in [0.15, 0.2) is 66.7 Å². The van der Waals surface area contributed by atoms with E-state index in [1.807, 2.05) is 54.6 Å². The fourth-order valence-electron chi connectivity index (χ4n) is 3.94. The molecule has 0 aliphatic carbocycles. The lowest BCUT2D eigenvalue weighted by Crippen LogP contribution is -2.43. The van der Waals surface area contributed by atoms with Crippen LogP contribution < -0.4 is 4.90 Å². The van der Waals surface area contributed by atoms with Crippen LogP contribution in [0.1, 0.15) is 36.2 Å². The van der Waals surface area contributed by atoms with Crippen molar-refractivity contribution in [3.63, 3.8) is 0 Å². The Morgan fingerprint density at radius 3 is 2.15 bits per heavy atom. The van der Waals surface area contributed by atoms with Crippen molar-refractivity contribution < 1.29 is 22.8 Å². The number of halogens is 4. The van der Waals surface area contributed by atoms with Crippen LogP contribution in [0.25, 0.3) is 0 Å². The Morgan fingerprint density at radius 2 is 1.53 bits per heavy atom. The van der Waals surface area contributed by atoms with Gasteiger partial charge in [-0.2, -0.15) is 13.2 Å². The second kappa shape index (κ2) is 8.76. The molecular weight excluding hydrogens is 467 g/mol. The summed E-state index contributed by atoms with van der Waals surface area (Å²) in [6.07, 6.45) is -4.05. The van der Waals surface area contributed by atoms with Crippen molar-refractivity contribution in [3.05, 3.63) is 94.3 Å². The molecule has 1 fully saturated rings. The smallest absolute Gasteiger partial charge is 0.305 e. The number of hydrogen-bond donors (Lipinski definition) is 0. The number of urea groups is 1. The van der Waals surface area contributed by atoms with Gasteiger partial charge >= 0.3 is 12.2 Å². The normalized spacial score (nSPS) is 15.8. The Balaban J connectivity index is 1.65. The van der Waals surface area contributed by atoms with Crippen LogP contribution in [0.2, 0.25) is 5.15 Å². The monoisotopic (exact) mass is 487 g/mol. The summed E-state index contributed by atoms with van der Waals surface area (Å²) in [6.45, 7) is 3.33. The highest BCUT2D eigenvalue weighted by molar-refractivity contribution is 6.35. The van der Waals surface area contributed by atoms with Gasteiger partial charge < -0.3 is 4.90 Å². The van der Waals surface area contributed by atoms with E-state index in [2.05, 4.69) is 4.98 Å². The quantitative estimate of drug-likeness (QED) is 0.323. The summed E-state index contributed by atoms with van der Waals surface area (Å²) in [5, 5.41) is -0.571. The molecule has 3 aromatic rings. The van der Waals surface area contributed by atoms with E-state index in [0.29, 0.717) is 12.5 Å². The predicted octanol–water partition coefficient (Wildman–Crippen LogP) is 6.09. The summed E-state index contributed by atoms with van der Waals surface area (Å²) in [6, 6.07) is 18.5. The molecule has 0 atom stereocenters. The first-order valence-corrected chi connectivity index (χ1v) is 10.9. The number of amides is 3. The maximum Gasteiger partial charge on any atom is 0.433 e. The van der Waals surface area contributed by atoms with E-state index in [1.165, 1.54) is 4.90 Å². The average molecular weight is 488 g/mol. The molecule has 2 aromatic carbocycles. The first-order chi connectivity index (χ1) is 16.0. The molecule has 2 heterocycles. The first-order valence-electron chi connectivity index (χ1n) is 10.5. The molecule has 3 amide bonds.